The number of methoxy groups -OCH3 is 1. The summed E-state index contributed by atoms with van der Waals surface area (Å²) in [7, 11) is 1.59. The number of benzene rings is 3. The molecule has 0 aromatic heterocycles. The summed E-state index contributed by atoms with van der Waals surface area (Å²) in [5, 5.41) is 6.15. The summed E-state index contributed by atoms with van der Waals surface area (Å²) in [6.07, 6.45) is 3.61. The summed E-state index contributed by atoms with van der Waals surface area (Å²) in [6.45, 7) is 1.98. The second-order valence-corrected chi connectivity index (χ2v) is 11.2. The Bertz CT molecular complexity index is 1430. The van der Waals surface area contributed by atoms with Gasteiger partial charge in [-0.3, -0.25) is 14.4 Å². The van der Waals surface area contributed by atoms with Crippen LogP contribution in [0.5, 0.6) is 5.75 Å². The van der Waals surface area contributed by atoms with E-state index in [1.54, 1.807) is 24.1 Å². The van der Waals surface area contributed by atoms with E-state index in [1.807, 2.05) is 30.3 Å². The summed E-state index contributed by atoms with van der Waals surface area (Å²) in [5.41, 5.74) is 9.07. The van der Waals surface area contributed by atoms with Crippen LogP contribution < -0.4 is 26.0 Å². The van der Waals surface area contributed by atoms with Gasteiger partial charge in [-0.15, -0.1) is 0 Å². The topological polar surface area (TPSA) is 117 Å². The van der Waals surface area contributed by atoms with Crippen molar-refractivity contribution in [2.75, 3.05) is 43.5 Å². The van der Waals surface area contributed by atoms with E-state index in [4.69, 9.17) is 10.5 Å². The smallest absolute Gasteiger partial charge is 0.253 e. The number of carbonyl (C=O) groups excluding carboxylic acids is 3. The van der Waals surface area contributed by atoms with Gasteiger partial charge in [0.1, 0.15) is 11.6 Å². The van der Waals surface area contributed by atoms with Crippen molar-refractivity contribution in [3.63, 3.8) is 0 Å². The van der Waals surface area contributed by atoms with Crippen LogP contribution in [0.3, 0.4) is 0 Å². The number of rotatable bonds is 8. The van der Waals surface area contributed by atoms with Gasteiger partial charge in [0, 0.05) is 49.4 Å². The lowest BCUT2D eigenvalue weighted by atomic mass is 9.91. The molecule has 10 heteroatoms. The predicted octanol–water partition coefficient (Wildman–Crippen LogP) is 3.98. The quantitative estimate of drug-likeness (QED) is 0.367. The number of anilines is 2. The van der Waals surface area contributed by atoms with Gasteiger partial charge in [0.25, 0.3) is 11.8 Å². The second-order valence-electron chi connectivity index (χ2n) is 11.2. The first-order valence-corrected chi connectivity index (χ1v) is 14.7. The van der Waals surface area contributed by atoms with Gasteiger partial charge < -0.3 is 30.9 Å². The van der Waals surface area contributed by atoms with Crippen molar-refractivity contribution in [1.29, 1.82) is 0 Å². The van der Waals surface area contributed by atoms with Crippen molar-refractivity contribution in [1.82, 2.24) is 10.2 Å². The van der Waals surface area contributed by atoms with E-state index in [0.29, 0.717) is 48.7 Å². The number of carbonyl (C=O) groups is 3. The van der Waals surface area contributed by atoms with Crippen molar-refractivity contribution >= 4 is 29.1 Å². The SMILES string of the molecule is COc1ccc(CC(=O)Nc2cc(C(=O)NC3CCC(N)CC3)ccc2N2CCN(C(=O)c3ccc(F)cc3)CC2)cc1. The molecule has 4 N–H and O–H groups in total. The molecule has 9 nitrogen and oxygen atoms in total. The Morgan fingerprint density at radius 1 is 0.884 bits per heavy atom. The highest BCUT2D eigenvalue weighted by Crippen LogP contribution is 2.29. The molecule has 3 aromatic rings. The molecule has 3 aromatic carbocycles. The third-order valence-electron chi connectivity index (χ3n) is 8.16. The molecule has 3 amide bonds. The van der Waals surface area contributed by atoms with E-state index in [2.05, 4.69) is 15.5 Å². The first kappa shape index (κ1) is 30.0. The average Bonchev–Trinajstić information content (AvgIpc) is 3.02. The molecule has 0 spiro atoms. The maximum absolute atomic E-state index is 13.3. The third-order valence-corrected chi connectivity index (χ3v) is 8.16. The Hall–Kier alpha value is -4.44. The number of nitrogens with zero attached hydrogens (tertiary/aromatic N) is 2. The Kier molecular flexibility index (Phi) is 9.56. The number of nitrogens with two attached hydrogens (primary N) is 1. The lowest BCUT2D eigenvalue weighted by Crippen LogP contribution is -2.49. The monoisotopic (exact) mass is 587 g/mol. The lowest BCUT2D eigenvalue weighted by Gasteiger charge is -2.37. The molecule has 0 radical (unpaired) electrons. The molecule has 2 fully saturated rings. The van der Waals surface area contributed by atoms with Crippen LogP contribution in [0.15, 0.2) is 66.7 Å². The molecule has 1 heterocycles. The van der Waals surface area contributed by atoms with Crippen LogP contribution in [0.2, 0.25) is 0 Å². The molecule has 0 unspecified atom stereocenters. The standard InChI is InChI=1S/C33H38FN5O4/c1-43-28-13-2-22(3-14-28)20-31(40)37-29-21-24(32(41)36-27-11-9-26(35)10-12-27)6-15-30(29)38-16-18-39(19-17-38)33(42)23-4-7-25(34)8-5-23/h2-8,13-15,21,26-27H,9-12,16-20,35H2,1H3,(H,36,41)(H,37,40). The minimum Gasteiger partial charge on any atom is -0.497 e. The number of amides is 3. The average molecular weight is 588 g/mol. The first-order valence-electron chi connectivity index (χ1n) is 14.7. The fraction of sp³-hybridized carbons (Fsp3) is 0.364. The Labute approximate surface area is 251 Å². The molecule has 0 bridgehead atoms. The van der Waals surface area contributed by atoms with Crippen LogP contribution >= 0.6 is 0 Å². The summed E-state index contributed by atoms with van der Waals surface area (Å²) < 4.78 is 18.5. The van der Waals surface area contributed by atoms with Gasteiger partial charge in [-0.05, 0) is 85.8 Å². The first-order chi connectivity index (χ1) is 20.8. The maximum Gasteiger partial charge on any atom is 0.253 e. The molecule has 1 aliphatic heterocycles. The van der Waals surface area contributed by atoms with Gasteiger partial charge in [0.15, 0.2) is 0 Å². The number of halogens is 1. The Morgan fingerprint density at radius 2 is 1.53 bits per heavy atom. The van der Waals surface area contributed by atoms with Crippen LogP contribution in [0.1, 0.15) is 52.0 Å². The van der Waals surface area contributed by atoms with Gasteiger partial charge in [-0.2, -0.15) is 0 Å². The van der Waals surface area contributed by atoms with Crippen molar-refractivity contribution in [2.24, 2.45) is 5.73 Å². The minimum absolute atomic E-state index is 0.0758. The predicted molar refractivity (Wildman–Crippen MR) is 164 cm³/mol. The third kappa shape index (κ3) is 7.70. The molecular weight excluding hydrogens is 549 g/mol. The van der Waals surface area contributed by atoms with Crippen molar-refractivity contribution in [2.45, 2.75) is 44.2 Å². The van der Waals surface area contributed by atoms with E-state index in [9.17, 15) is 18.8 Å². The molecule has 0 atom stereocenters. The molecule has 5 rings (SSSR count). The zero-order valence-corrected chi connectivity index (χ0v) is 24.4. The van der Waals surface area contributed by atoms with Crippen LogP contribution in [-0.2, 0) is 11.2 Å². The molecule has 2 aliphatic rings. The van der Waals surface area contributed by atoms with E-state index >= 15 is 0 Å². The number of piperazine rings is 1. The summed E-state index contributed by atoms with van der Waals surface area (Å²) in [6, 6.07) is 18.5. The van der Waals surface area contributed by atoms with Crippen LogP contribution in [-0.4, -0.2) is 68.0 Å². The largest absolute Gasteiger partial charge is 0.497 e. The van der Waals surface area contributed by atoms with Crippen molar-refractivity contribution < 1.29 is 23.5 Å². The lowest BCUT2D eigenvalue weighted by molar-refractivity contribution is -0.115. The highest BCUT2D eigenvalue weighted by atomic mass is 19.1. The highest BCUT2D eigenvalue weighted by molar-refractivity contribution is 6.00. The highest BCUT2D eigenvalue weighted by Gasteiger charge is 2.26. The summed E-state index contributed by atoms with van der Waals surface area (Å²) in [4.78, 5) is 43.2. The number of hydrogen-bond donors (Lipinski definition) is 3. The molecule has 43 heavy (non-hydrogen) atoms. The second kappa shape index (κ2) is 13.7. The van der Waals surface area contributed by atoms with Crippen LogP contribution in [0.25, 0.3) is 0 Å². The summed E-state index contributed by atoms with van der Waals surface area (Å²) in [5.74, 6) is -0.226. The van der Waals surface area contributed by atoms with Crippen molar-refractivity contribution in [3.8, 4) is 5.75 Å². The zero-order chi connectivity index (χ0) is 30.3. The molecular formula is C33H38FN5O4. The zero-order valence-electron chi connectivity index (χ0n) is 24.4. The Balaban J connectivity index is 1.31. The van der Waals surface area contributed by atoms with Crippen LogP contribution in [0, 0.1) is 5.82 Å². The van der Waals surface area contributed by atoms with Gasteiger partial charge in [0.2, 0.25) is 5.91 Å². The maximum atomic E-state index is 13.3. The normalized spacial score (nSPS) is 18.6. The van der Waals surface area contributed by atoms with Crippen LogP contribution in [0.4, 0.5) is 15.8 Å². The minimum atomic E-state index is -0.386. The number of hydrogen-bond acceptors (Lipinski definition) is 6. The summed E-state index contributed by atoms with van der Waals surface area (Å²) >= 11 is 0. The Morgan fingerprint density at radius 3 is 2.19 bits per heavy atom. The molecule has 1 aliphatic carbocycles. The fourth-order valence-corrected chi connectivity index (χ4v) is 5.63. The number of nitrogens with one attached hydrogen (secondary N) is 2. The van der Waals surface area contributed by atoms with E-state index in [1.165, 1.54) is 24.3 Å². The molecule has 226 valence electrons. The van der Waals surface area contributed by atoms with E-state index < -0.39 is 0 Å². The van der Waals surface area contributed by atoms with Gasteiger partial charge in [0.05, 0.1) is 24.9 Å². The number of ether oxygens (including phenoxy) is 1. The van der Waals surface area contributed by atoms with Gasteiger partial charge in [-0.25, -0.2) is 4.39 Å². The van der Waals surface area contributed by atoms with Gasteiger partial charge in [-0.1, -0.05) is 12.1 Å². The van der Waals surface area contributed by atoms with Crippen molar-refractivity contribution in [3.05, 3.63) is 89.2 Å². The fourth-order valence-electron chi connectivity index (χ4n) is 5.63. The van der Waals surface area contributed by atoms with Gasteiger partial charge >= 0.3 is 0 Å². The van der Waals surface area contributed by atoms with E-state index in [-0.39, 0.29) is 42.0 Å². The van der Waals surface area contributed by atoms with E-state index in [0.717, 1.165) is 36.9 Å². The molecule has 1 saturated heterocycles. The molecule has 1 saturated carbocycles.